The summed E-state index contributed by atoms with van der Waals surface area (Å²) in [5, 5.41) is 0. The van der Waals surface area contributed by atoms with Crippen molar-refractivity contribution in [1.29, 1.82) is 0 Å². The van der Waals surface area contributed by atoms with Crippen molar-refractivity contribution in [3.63, 3.8) is 0 Å². The van der Waals surface area contributed by atoms with Gasteiger partial charge in [0.25, 0.3) is 0 Å². The van der Waals surface area contributed by atoms with E-state index in [1.807, 2.05) is 45.9 Å². The molecule has 2 aromatic rings. The van der Waals surface area contributed by atoms with E-state index in [1.165, 1.54) is 16.7 Å². The van der Waals surface area contributed by atoms with Crippen LogP contribution in [-0.2, 0) is 0 Å². The van der Waals surface area contributed by atoms with Crippen LogP contribution in [-0.4, -0.2) is 5.78 Å². The Morgan fingerprint density at radius 1 is 0.684 bits per heavy atom. The van der Waals surface area contributed by atoms with Gasteiger partial charge in [-0.1, -0.05) is 29.8 Å². The molecule has 0 N–H and O–H groups in total. The number of benzene rings is 2. The Hall–Kier alpha value is -1.89. The molecule has 0 saturated heterocycles. The fourth-order valence-electron chi connectivity index (χ4n) is 2.42. The van der Waals surface area contributed by atoms with Crippen LogP contribution in [0.3, 0.4) is 0 Å². The summed E-state index contributed by atoms with van der Waals surface area (Å²) >= 11 is 0. The van der Waals surface area contributed by atoms with Gasteiger partial charge in [0.1, 0.15) is 0 Å². The minimum absolute atomic E-state index is 0.123. The first-order valence-corrected chi connectivity index (χ1v) is 6.60. The maximum atomic E-state index is 12.7. The van der Waals surface area contributed by atoms with Crippen LogP contribution in [0.4, 0.5) is 0 Å². The molecule has 0 bridgehead atoms. The maximum absolute atomic E-state index is 12.7. The number of hydrogen-bond donors (Lipinski definition) is 0. The van der Waals surface area contributed by atoms with Crippen LogP contribution in [0.1, 0.15) is 43.7 Å². The summed E-state index contributed by atoms with van der Waals surface area (Å²) < 4.78 is 0. The normalized spacial score (nSPS) is 10.6. The van der Waals surface area contributed by atoms with Crippen molar-refractivity contribution in [3.8, 4) is 0 Å². The molecule has 1 nitrogen and oxygen atoms in total. The largest absolute Gasteiger partial charge is 0.289 e. The summed E-state index contributed by atoms with van der Waals surface area (Å²) in [6.07, 6.45) is 0. The molecule has 0 unspecified atom stereocenters. The number of rotatable bonds is 2. The van der Waals surface area contributed by atoms with Crippen LogP contribution in [0, 0.1) is 34.6 Å². The maximum Gasteiger partial charge on any atom is 0.193 e. The molecule has 0 aliphatic carbocycles. The zero-order valence-corrected chi connectivity index (χ0v) is 12.3. The summed E-state index contributed by atoms with van der Waals surface area (Å²) in [6.45, 7) is 10.2. The fraction of sp³-hybridized carbons (Fsp3) is 0.278. The Morgan fingerprint density at radius 3 is 1.89 bits per heavy atom. The predicted octanol–water partition coefficient (Wildman–Crippen LogP) is 4.46. The van der Waals surface area contributed by atoms with Gasteiger partial charge >= 0.3 is 0 Å². The standard InChI is InChI=1S/C18H20O/c1-11-6-7-16(14(4)8-11)18(19)17-10-13(3)12(2)9-15(17)5/h6-10H,1-5H3. The highest BCUT2D eigenvalue weighted by atomic mass is 16.1. The van der Waals surface area contributed by atoms with E-state index in [0.29, 0.717) is 0 Å². The quantitative estimate of drug-likeness (QED) is 0.721. The number of ketones is 1. The first-order valence-electron chi connectivity index (χ1n) is 6.60. The molecule has 0 fully saturated rings. The highest BCUT2D eigenvalue weighted by molar-refractivity contribution is 6.10. The molecule has 1 heteroatoms. The van der Waals surface area contributed by atoms with E-state index in [0.717, 1.165) is 22.3 Å². The second-order valence-electron chi connectivity index (χ2n) is 5.40. The van der Waals surface area contributed by atoms with Gasteiger partial charge in [-0.15, -0.1) is 0 Å². The summed E-state index contributed by atoms with van der Waals surface area (Å²) in [4.78, 5) is 12.7. The third-order valence-electron chi connectivity index (χ3n) is 3.71. The number of aryl methyl sites for hydroxylation is 5. The van der Waals surface area contributed by atoms with Crippen LogP contribution < -0.4 is 0 Å². The minimum atomic E-state index is 0.123. The fourth-order valence-corrected chi connectivity index (χ4v) is 2.42. The molecule has 19 heavy (non-hydrogen) atoms. The highest BCUT2D eigenvalue weighted by Crippen LogP contribution is 2.21. The van der Waals surface area contributed by atoms with Gasteiger partial charge in [-0.3, -0.25) is 4.79 Å². The highest BCUT2D eigenvalue weighted by Gasteiger charge is 2.14. The number of carbonyl (C=O) groups excluding carboxylic acids is 1. The lowest BCUT2D eigenvalue weighted by atomic mass is 9.92. The van der Waals surface area contributed by atoms with Crippen molar-refractivity contribution in [2.24, 2.45) is 0 Å². The van der Waals surface area contributed by atoms with Crippen molar-refractivity contribution < 1.29 is 4.79 Å². The molecule has 98 valence electrons. The molecule has 0 atom stereocenters. The van der Waals surface area contributed by atoms with E-state index in [9.17, 15) is 4.79 Å². The van der Waals surface area contributed by atoms with Gasteiger partial charge in [-0.05, 0) is 62.9 Å². The molecule has 0 aliphatic rings. The van der Waals surface area contributed by atoms with Crippen molar-refractivity contribution >= 4 is 5.78 Å². The molecule has 0 radical (unpaired) electrons. The van der Waals surface area contributed by atoms with E-state index in [2.05, 4.69) is 19.1 Å². The topological polar surface area (TPSA) is 17.1 Å². The van der Waals surface area contributed by atoms with Gasteiger partial charge in [0.15, 0.2) is 5.78 Å². The molecule has 0 amide bonds. The van der Waals surface area contributed by atoms with Gasteiger partial charge in [0.05, 0.1) is 0 Å². The van der Waals surface area contributed by atoms with E-state index >= 15 is 0 Å². The zero-order chi connectivity index (χ0) is 14.2. The molecule has 2 rings (SSSR count). The first-order chi connectivity index (χ1) is 8.90. The second kappa shape index (κ2) is 5.00. The minimum Gasteiger partial charge on any atom is -0.289 e. The molecule has 0 saturated carbocycles. The van der Waals surface area contributed by atoms with Crippen molar-refractivity contribution in [1.82, 2.24) is 0 Å². The SMILES string of the molecule is Cc1ccc(C(=O)c2cc(C)c(C)cc2C)c(C)c1. The van der Waals surface area contributed by atoms with Gasteiger partial charge in [-0.2, -0.15) is 0 Å². The third kappa shape index (κ3) is 2.60. The summed E-state index contributed by atoms with van der Waals surface area (Å²) in [7, 11) is 0. The van der Waals surface area contributed by atoms with E-state index < -0.39 is 0 Å². The molecule has 0 aliphatic heterocycles. The van der Waals surface area contributed by atoms with Crippen LogP contribution in [0.2, 0.25) is 0 Å². The Bertz CT molecular complexity index is 651. The summed E-state index contributed by atoms with van der Waals surface area (Å²) in [6, 6.07) is 10.1. The lowest BCUT2D eigenvalue weighted by molar-refractivity contribution is 0.103. The molecular formula is C18H20O. The molecule has 2 aromatic carbocycles. The third-order valence-corrected chi connectivity index (χ3v) is 3.71. The monoisotopic (exact) mass is 252 g/mol. The lowest BCUT2D eigenvalue weighted by Crippen LogP contribution is -2.07. The smallest absolute Gasteiger partial charge is 0.193 e. The van der Waals surface area contributed by atoms with Crippen LogP contribution in [0.5, 0.6) is 0 Å². The zero-order valence-electron chi connectivity index (χ0n) is 12.3. The van der Waals surface area contributed by atoms with Crippen LogP contribution in [0.15, 0.2) is 30.3 Å². The van der Waals surface area contributed by atoms with Gasteiger partial charge < -0.3 is 0 Å². The Balaban J connectivity index is 2.53. The van der Waals surface area contributed by atoms with E-state index in [4.69, 9.17) is 0 Å². The predicted molar refractivity (Wildman–Crippen MR) is 80.0 cm³/mol. The molecule has 0 aromatic heterocycles. The Morgan fingerprint density at radius 2 is 1.26 bits per heavy atom. The van der Waals surface area contributed by atoms with Crippen LogP contribution in [0.25, 0.3) is 0 Å². The Kier molecular flexibility index (Phi) is 3.57. The number of hydrogen-bond acceptors (Lipinski definition) is 1. The van der Waals surface area contributed by atoms with Gasteiger partial charge in [-0.25, -0.2) is 0 Å². The van der Waals surface area contributed by atoms with Crippen LogP contribution >= 0.6 is 0 Å². The second-order valence-corrected chi connectivity index (χ2v) is 5.40. The Labute approximate surface area is 115 Å². The van der Waals surface area contributed by atoms with Crippen molar-refractivity contribution in [3.05, 3.63) is 69.3 Å². The number of carbonyl (C=O) groups is 1. The first kappa shape index (κ1) is 13.5. The summed E-state index contributed by atoms with van der Waals surface area (Å²) in [5.41, 5.74) is 7.29. The van der Waals surface area contributed by atoms with E-state index in [1.54, 1.807) is 0 Å². The average Bonchev–Trinajstić information content (AvgIpc) is 2.33. The summed E-state index contributed by atoms with van der Waals surface area (Å²) in [5.74, 6) is 0.123. The van der Waals surface area contributed by atoms with Crippen molar-refractivity contribution in [2.45, 2.75) is 34.6 Å². The van der Waals surface area contributed by atoms with E-state index in [-0.39, 0.29) is 5.78 Å². The van der Waals surface area contributed by atoms with Gasteiger partial charge in [0.2, 0.25) is 0 Å². The van der Waals surface area contributed by atoms with Gasteiger partial charge in [0, 0.05) is 11.1 Å². The molecule has 0 heterocycles. The average molecular weight is 252 g/mol. The molecular weight excluding hydrogens is 232 g/mol. The lowest BCUT2D eigenvalue weighted by Gasteiger charge is -2.11. The van der Waals surface area contributed by atoms with Crippen molar-refractivity contribution in [2.75, 3.05) is 0 Å². The molecule has 0 spiro atoms.